The third-order valence-corrected chi connectivity index (χ3v) is 4.52. The van der Waals surface area contributed by atoms with Crippen LogP contribution in [0.25, 0.3) is 11.3 Å². The summed E-state index contributed by atoms with van der Waals surface area (Å²) in [4.78, 5) is 8.93. The summed E-state index contributed by atoms with van der Waals surface area (Å²) in [6, 6.07) is 12.2. The molecule has 6 nitrogen and oxygen atoms in total. The van der Waals surface area contributed by atoms with Gasteiger partial charge in [0.05, 0.1) is 12.2 Å². The lowest BCUT2D eigenvalue weighted by atomic mass is 10.2. The Labute approximate surface area is 151 Å². The molecule has 0 atom stereocenters. The van der Waals surface area contributed by atoms with Gasteiger partial charge in [0.15, 0.2) is 5.96 Å². The van der Waals surface area contributed by atoms with Gasteiger partial charge in [-0.05, 0) is 12.5 Å². The van der Waals surface area contributed by atoms with Crippen LogP contribution in [0.1, 0.15) is 11.4 Å². The normalized spacial score (nSPS) is 11.5. The summed E-state index contributed by atoms with van der Waals surface area (Å²) < 4.78 is 1.93. The van der Waals surface area contributed by atoms with Crippen LogP contribution in [0.3, 0.4) is 0 Å². The Morgan fingerprint density at radius 2 is 2.08 bits per heavy atom. The van der Waals surface area contributed by atoms with Gasteiger partial charge in [0.2, 0.25) is 0 Å². The Morgan fingerprint density at radius 1 is 1.20 bits per heavy atom. The van der Waals surface area contributed by atoms with Gasteiger partial charge >= 0.3 is 0 Å². The van der Waals surface area contributed by atoms with Crippen LogP contribution in [0, 0.1) is 0 Å². The van der Waals surface area contributed by atoms with Crippen molar-refractivity contribution < 1.29 is 0 Å². The fourth-order valence-electron chi connectivity index (χ4n) is 2.39. The lowest BCUT2D eigenvalue weighted by molar-refractivity contribution is 0.570. The fourth-order valence-corrected chi connectivity index (χ4v) is 3.14. The molecule has 2 N–H and O–H groups in total. The van der Waals surface area contributed by atoms with E-state index in [-0.39, 0.29) is 0 Å². The van der Waals surface area contributed by atoms with Crippen molar-refractivity contribution in [1.29, 1.82) is 0 Å². The summed E-state index contributed by atoms with van der Waals surface area (Å²) in [5, 5.41) is 13.9. The molecule has 0 saturated carbocycles. The smallest absolute Gasteiger partial charge is 0.191 e. The largest absolute Gasteiger partial charge is 0.356 e. The molecule has 0 bridgehead atoms. The third kappa shape index (κ3) is 5.15. The SMILES string of the molecule is CN=C(NCCCn1cccn1)NCc1nc(-c2ccccc2)cs1. The number of hydrogen-bond acceptors (Lipinski definition) is 4. The van der Waals surface area contributed by atoms with E-state index in [0.29, 0.717) is 6.54 Å². The second-order valence-electron chi connectivity index (χ2n) is 5.47. The van der Waals surface area contributed by atoms with E-state index in [0.717, 1.165) is 41.7 Å². The Balaban J connectivity index is 1.43. The van der Waals surface area contributed by atoms with E-state index in [1.54, 1.807) is 24.6 Å². The van der Waals surface area contributed by atoms with Crippen molar-refractivity contribution >= 4 is 17.3 Å². The first-order valence-corrected chi connectivity index (χ1v) is 9.15. The molecular formula is C18H22N6S. The zero-order chi connectivity index (χ0) is 17.3. The standard InChI is InChI=1S/C18H22N6S/c1-19-18(20-9-5-11-24-12-6-10-22-24)21-13-17-23-16(14-25-17)15-7-3-2-4-8-15/h2-4,6-8,10,12,14H,5,9,11,13H2,1H3,(H2,19,20,21). The lowest BCUT2D eigenvalue weighted by Crippen LogP contribution is -2.37. The van der Waals surface area contributed by atoms with Crippen molar-refractivity contribution in [3.63, 3.8) is 0 Å². The van der Waals surface area contributed by atoms with Gasteiger partial charge in [-0.15, -0.1) is 11.3 Å². The van der Waals surface area contributed by atoms with E-state index in [1.807, 2.05) is 35.1 Å². The van der Waals surface area contributed by atoms with Crippen LogP contribution in [0.4, 0.5) is 0 Å². The van der Waals surface area contributed by atoms with E-state index < -0.39 is 0 Å². The van der Waals surface area contributed by atoms with Crippen molar-refractivity contribution in [3.05, 3.63) is 59.2 Å². The molecule has 0 unspecified atom stereocenters. The molecule has 0 radical (unpaired) electrons. The zero-order valence-corrected chi connectivity index (χ0v) is 15.0. The van der Waals surface area contributed by atoms with Crippen LogP contribution in [0.15, 0.2) is 59.2 Å². The van der Waals surface area contributed by atoms with Gasteiger partial charge in [-0.2, -0.15) is 5.10 Å². The van der Waals surface area contributed by atoms with Gasteiger partial charge in [0.1, 0.15) is 5.01 Å². The van der Waals surface area contributed by atoms with E-state index in [9.17, 15) is 0 Å². The molecule has 7 heteroatoms. The average molecular weight is 354 g/mol. The first kappa shape index (κ1) is 17.2. The van der Waals surface area contributed by atoms with Gasteiger partial charge < -0.3 is 10.6 Å². The molecule has 2 aromatic heterocycles. The highest BCUT2D eigenvalue weighted by atomic mass is 32.1. The number of aliphatic imine (C=N–C) groups is 1. The summed E-state index contributed by atoms with van der Waals surface area (Å²) in [5.41, 5.74) is 2.16. The first-order valence-electron chi connectivity index (χ1n) is 8.27. The van der Waals surface area contributed by atoms with Crippen molar-refractivity contribution in [2.24, 2.45) is 4.99 Å². The second-order valence-corrected chi connectivity index (χ2v) is 6.41. The predicted octanol–water partition coefficient (Wildman–Crippen LogP) is 2.76. The number of hydrogen-bond donors (Lipinski definition) is 2. The fraction of sp³-hybridized carbons (Fsp3) is 0.278. The van der Waals surface area contributed by atoms with E-state index in [1.165, 1.54) is 0 Å². The summed E-state index contributed by atoms with van der Waals surface area (Å²) in [7, 11) is 1.78. The minimum Gasteiger partial charge on any atom is -0.356 e. The number of guanidine groups is 1. The quantitative estimate of drug-likeness (QED) is 0.389. The van der Waals surface area contributed by atoms with Crippen LogP contribution >= 0.6 is 11.3 Å². The number of aromatic nitrogens is 3. The molecule has 130 valence electrons. The first-order chi connectivity index (χ1) is 12.3. The summed E-state index contributed by atoms with van der Waals surface area (Å²) in [6.07, 6.45) is 4.75. The second kappa shape index (κ2) is 8.98. The highest BCUT2D eigenvalue weighted by Crippen LogP contribution is 2.21. The van der Waals surface area contributed by atoms with Crippen molar-refractivity contribution in [2.75, 3.05) is 13.6 Å². The summed E-state index contributed by atoms with van der Waals surface area (Å²) in [6.45, 7) is 2.40. The molecule has 0 aliphatic heterocycles. The van der Waals surface area contributed by atoms with E-state index in [2.05, 4.69) is 43.2 Å². The highest BCUT2D eigenvalue weighted by Gasteiger charge is 2.05. The molecule has 3 aromatic rings. The van der Waals surface area contributed by atoms with Crippen molar-refractivity contribution in [1.82, 2.24) is 25.4 Å². The van der Waals surface area contributed by atoms with Gasteiger partial charge in [0, 0.05) is 43.5 Å². The lowest BCUT2D eigenvalue weighted by Gasteiger charge is -2.10. The average Bonchev–Trinajstić information content (AvgIpc) is 3.34. The van der Waals surface area contributed by atoms with Crippen LogP contribution in [0.2, 0.25) is 0 Å². The third-order valence-electron chi connectivity index (χ3n) is 3.67. The Hall–Kier alpha value is -2.67. The number of rotatable bonds is 7. The minimum absolute atomic E-state index is 0.663. The molecule has 3 rings (SSSR count). The van der Waals surface area contributed by atoms with Crippen LogP contribution < -0.4 is 10.6 Å². The molecule has 0 fully saturated rings. The Kier molecular flexibility index (Phi) is 6.17. The molecule has 1 aromatic carbocycles. The minimum atomic E-state index is 0.663. The molecular weight excluding hydrogens is 332 g/mol. The summed E-state index contributed by atoms with van der Waals surface area (Å²) in [5.74, 6) is 0.789. The monoisotopic (exact) mass is 354 g/mol. The zero-order valence-electron chi connectivity index (χ0n) is 14.2. The van der Waals surface area contributed by atoms with Gasteiger partial charge in [-0.1, -0.05) is 30.3 Å². The van der Waals surface area contributed by atoms with Crippen LogP contribution in [-0.2, 0) is 13.1 Å². The topological polar surface area (TPSA) is 67.1 Å². The maximum atomic E-state index is 4.68. The number of thiazole rings is 1. The van der Waals surface area contributed by atoms with Crippen LogP contribution in [0.5, 0.6) is 0 Å². The van der Waals surface area contributed by atoms with Crippen molar-refractivity contribution in [3.8, 4) is 11.3 Å². The maximum absolute atomic E-state index is 4.68. The van der Waals surface area contributed by atoms with Crippen molar-refractivity contribution in [2.45, 2.75) is 19.5 Å². The molecule has 0 saturated heterocycles. The molecule has 0 aliphatic carbocycles. The highest BCUT2D eigenvalue weighted by molar-refractivity contribution is 7.09. The Morgan fingerprint density at radius 3 is 2.84 bits per heavy atom. The molecule has 2 heterocycles. The van der Waals surface area contributed by atoms with Gasteiger partial charge in [-0.3, -0.25) is 9.67 Å². The summed E-state index contributed by atoms with van der Waals surface area (Å²) >= 11 is 1.66. The van der Waals surface area contributed by atoms with Gasteiger partial charge in [-0.25, -0.2) is 4.98 Å². The Bertz CT molecular complexity index is 779. The molecule has 0 aliphatic rings. The number of aryl methyl sites for hydroxylation is 1. The number of nitrogens with zero attached hydrogens (tertiary/aromatic N) is 4. The van der Waals surface area contributed by atoms with E-state index >= 15 is 0 Å². The maximum Gasteiger partial charge on any atom is 0.191 e. The predicted molar refractivity (Wildman–Crippen MR) is 103 cm³/mol. The molecule has 0 spiro atoms. The molecule has 0 amide bonds. The molecule has 25 heavy (non-hydrogen) atoms. The van der Waals surface area contributed by atoms with E-state index in [4.69, 9.17) is 0 Å². The number of nitrogens with one attached hydrogen (secondary N) is 2. The number of benzene rings is 1. The van der Waals surface area contributed by atoms with Gasteiger partial charge in [0.25, 0.3) is 0 Å². The van der Waals surface area contributed by atoms with Crippen LogP contribution in [-0.4, -0.2) is 34.3 Å².